The molecule has 1 aliphatic rings. The van der Waals surface area contributed by atoms with Gasteiger partial charge in [0.05, 0.1) is 35.6 Å². The summed E-state index contributed by atoms with van der Waals surface area (Å²) in [5.74, 6) is 0. The number of hydrogen-bond donors (Lipinski definition) is 2. The third-order valence-electron chi connectivity index (χ3n) is 5.09. The van der Waals surface area contributed by atoms with E-state index in [9.17, 15) is 9.59 Å². The van der Waals surface area contributed by atoms with Gasteiger partial charge in [0.2, 0.25) is 0 Å². The van der Waals surface area contributed by atoms with Crippen LogP contribution in [0, 0.1) is 0 Å². The maximum atomic E-state index is 12.6. The zero-order valence-corrected chi connectivity index (χ0v) is 17.0. The third kappa shape index (κ3) is 3.81. The summed E-state index contributed by atoms with van der Waals surface area (Å²) in [7, 11) is 3.46. The van der Waals surface area contributed by atoms with Crippen LogP contribution in [0.4, 0.5) is 21.9 Å². The predicted molar refractivity (Wildman–Crippen MR) is 115 cm³/mol. The molecule has 152 valence electrons. The first-order valence-corrected chi connectivity index (χ1v) is 9.67. The molecule has 2 amide bonds. The van der Waals surface area contributed by atoms with Gasteiger partial charge in [-0.15, -0.1) is 0 Å². The van der Waals surface area contributed by atoms with Crippen LogP contribution < -0.4 is 21.2 Å². The molecule has 0 spiro atoms. The van der Waals surface area contributed by atoms with E-state index in [1.54, 1.807) is 47.5 Å². The Labute approximate surface area is 172 Å². The van der Waals surface area contributed by atoms with Crippen LogP contribution >= 0.6 is 11.6 Å². The summed E-state index contributed by atoms with van der Waals surface area (Å²) in [6.45, 7) is 2.64. The van der Waals surface area contributed by atoms with Gasteiger partial charge in [-0.25, -0.2) is 9.59 Å². The summed E-state index contributed by atoms with van der Waals surface area (Å²) in [6.07, 6.45) is 0. The van der Waals surface area contributed by atoms with Gasteiger partial charge in [-0.2, -0.15) is 0 Å². The molecule has 0 radical (unpaired) electrons. The SMILES string of the molecule is Cn1c(=O)n(C)c2cc(N3CCOCC3)c(NC(=O)Nc3ccc(Cl)cc3)cc21. The lowest BCUT2D eigenvalue weighted by atomic mass is 10.2. The monoisotopic (exact) mass is 415 g/mol. The Balaban J connectivity index is 1.70. The van der Waals surface area contributed by atoms with E-state index in [2.05, 4.69) is 15.5 Å². The Morgan fingerprint density at radius 1 is 1.00 bits per heavy atom. The number of benzene rings is 2. The van der Waals surface area contributed by atoms with Crippen molar-refractivity contribution >= 4 is 45.7 Å². The molecule has 1 saturated heterocycles. The standard InChI is InChI=1S/C20H22ClN5O3/c1-24-17-11-15(23-19(27)22-14-5-3-13(21)4-6-14)16(26-7-9-29-10-8-26)12-18(17)25(2)20(24)28/h3-6,11-12H,7-10H2,1-2H3,(H2,22,23,27). The number of aromatic nitrogens is 2. The molecule has 2 aromatic carbocycles. The Morgan fingerprint density at radius 3 is 2.28 bits per heavy atom. The first-order chi connectivity index (χ1) is 13.9. The lowest BCUT2D eigenvalue weighted by Crippen LogP contribution is -2.37. The second-order valence-corrected chi connectivity index (χ2v) is 7.38. The zero-order chi connectivity index (χ0) is 20.5. The fourth-order valence-corrected chi connectivity index (χ4v) is 3.64. The molecule has 1 aromatic heterocycles. The Hall–Kier alpha value is -2.97. The smallest absolute Gasteiger partial charge is 0.328 e. The van der Waals surface area contributed by atoms with Crippen LogP contribution in [0.2, 0.25) is 5.02 Å². The summed E-state index contributed by atoms with van der Waals surface area (Å²) in [5, 5.41) is 6.33. The molecule has 9 heteroatoms. The van der Waals surface area contributed by atoms with Crippen molar-refractivity contribution in [2.75, 3.05) is 41.8 Å². The minimum Gasteiger partial charge on any atom is -0.378 e. The van der Waals surface area contributed by atoms with E-state index in [4.69, 9.17) is 16.3 Å². The summed E-state index contributed by atoms with van der Waals surface area (Å²) < 4.78 is 8.63. The number of carbonyl (C=O) groups is 1. The fourth-order valence-electron chi connectivity index (χ4n) is 3.52. The molecule has 2 N–H and O–H groups in total. The summed E-state index contributed by atoms with van der Waals surface area (Å²) in [6, 6.07) is 10.3. The Bertz CT molecular complexity index is 1110. The van der Waals surface area contributed by atoms with Crippen molar-refractivity contribution in [2.24, 2.45) is 14.1 Å². The highest BCUT2D eigenvalue weighted by molar-refractivity contribution is 6.30. The van der Waals surface area contributed by atoms with Gasteiger partial charge >= 0.3 is 11.7 Å². The van der Waals surface area contributed by atoms with Crippen LogP contribution in [0.3, 0.4) is 0 Å². The van der Waals surface area contributed by atoms with Crippen LogP contribution in [0.1, 0.15) is 0 Å². The number of halogens is 1. The number of nitrogens with zero attached hydrogens (tertiary/aromatic N) is 3. The fraction of sp³-hybridized carbons (Fsp3) is 0.300. The number of ether oxygens (including phenoxy) is 1. The van der Waals surface area contributed by atoms with Crippen LogP contribution in [0.5, 0.6) is 0 Å². The second kappa shape index (κ2) is 7.81. The largest absolute Gasteiger partial charge is 0.378 e. The highest BCUT2D eigenvalue weighted by Crippen LogP contribution is 2.32. The van der Waals surface area contributed by atoms with E-state index in [1.165, 1.54) is 0 Å². The number of imidazole rings is 1. The van der Waals surface area contributed by atoms with Gasteiger partial charge in [0.1, 0.15) is 0 Å². The van der Waals surface area contributed by atoms with E-state index >= 15 is 0 Å². The summed E-state index contributed by atoms with van der Waals surface area (Å²) in [4.78, 5) is 27.1. The van der Waals surface area contributed by atoms with Gasteiger partial charge in [0.15, 0.2) is 0 Å². The van der Waals surface area contributed by atoms with E-state index in [0.717, 1.165) is 16.7 Å². The van der Waals surface area contributed by atoms with Crippen LogP contribution in [-0.2, 0) is 18.8 Å². The van der Waals surface area contributed by atoms with Gasteiger partial charge < -0.3 is 20.3 Å². The van der Waals surface area contributed by atoms with Crippen LogP contribution in [0.25, 0.3) is 11.0 Å². The quantitative estimate of drug-likeness (QED) is 0.689. The molecule has 4 rings (SSSR count). The average molecular weight is 416 g/mol. The van der Waals surface area contributed by atoms with Gasteiger partial charge in [0.25, 0.3) is 0 Å². The number of rotatable bonds is 3. The Kier molecular flexibility index (Phi) is 5.21. The summed E-state index contributed by atoms with van der Waals surface area (Å²) in [5.41, 5.74) is 3.56. The number of urea groups is 1. The normalized spacial score (nSPS) is 14.2. The molecule has 0 aliphatic carbocycles. The number of nitrogens with one attached hydrogen (secondary N) is 2. The number of anilines is 3. The highest BCUT2D eigenvalue weighted by atomic mass is 35.5. The lowest BCUT2D eigenvalue weighted by molar-refractivity contribution is 0.123. The Morgan fingerprint density at radius 2 is 1.62 bits per heavy atom. The molecule has 8 nitrogen and oxygen atoms in total. The van der Waals surface area contributed by atoms with E-state index in [0.29, 0.717) is 42.7 Å². The van der Waals surface area contributed by atoms with Crippen molar-refractivity contribution in [3.63, 3.8) is 0 Å². The average Bonchev–Trinajstić information content (AvgIpc) is 2.93. The molecular formula is C20H22ClN5O3. The molecule has 3 aromatic rings. The van der Waals surface area contributed by atoms with Crippen molar-refractivity contribution in [1.29, 1.82) is 0 Å². The van der Waals surface area contributed by atoms with Crippen molar-refractivity contribution in [3.8, 4) is 0 Å². The third-order valence-corrected chi connectivity index (χ3v) is 5.34. The number of carbonyl (C=O) groups excluding carboxylic acids is 1. The predicted octanol–water partition coefficient (Wildman–Crippen LogP) is 3.01. The minimum atomic E-state index is -0.373. The molecule has 0 unspecified atom stereocenters. The van der Waals surface area contributed by atoms with Crippen molar-refractivity contribution in [1.82, 2.24) is 9.13 Å². The van der Waals surface area contributed by atoms with Crippen LogP contribution in [0.15, 0.2) is 41.2 Å². The second-order valence-electron chi connectivity index (χ2n) is 6.94. The molecular weight excluding hydrogens is 394 g/mol. The number of morpholine rings is 1. The highest BCUT2D eigenvalue weighted by Gasteiger charge is 2.20. The number of amides is 2. The molecule has 0 bridgehead atoms. The van der Waals surface area contributed by atoms with E-state index in [1.807, 2.05) is 12.1 Å². The molecule has 2 heterocycles. The first-order valence-electron chi connectivity index (χ1n) is 9.30. The van der Waals surface area contributed by atoms with Gasteiger partial charge in [-0.05, 0) is 36.4 Å². The minimum absolute atomic E-state index is 0.115. The molecule has 29 heavy (non-hydrogen) atoms. The molecule has 1 fully saturated rings. The topological polar surface area (TPSA) is 80.5 Å². The summed E-state index contributed by atoms with van der Waals surface area (Å²) >= 11 is 5.90. The maximum absolute atomic E-state index is 12.6. The molecule has 0 saturated carbocycles. The van der Waals surface area contributed by atoms with Gasteiger partial charge in [-0.3, -0.25) is 9.13 Å². The molecule has 0 atom stereocenters. The zero-order valence-electron chi connectivity index (χ0n) is 16.2. The maximum Gasteiger partial charge on any atom is 0.328 e. The van der Waals surface area contributed by atoms with Crippen molar-refractivity contribution in [2.45, 2.75) is 0 Å². The number of hydrogen-bond acceptors (Lipinski definition) is 4. The number of aryl methyl sites for hydroxylation is 2. The van der Waals surface area contributed by atoms with E-state index in [-0.39, 0.29) is 11.7 Å². The number of fused-ring (bicyclic) bond motifs is 1. The van der Waals surface area contributed by atoms with Crippen molar-refractivity contribution in [3.05, 3.63) is 51.9 Å². The molecule has 1 aliphatic heterocycles. The first kappa shape index (κ1) is 19.4. The van der Waals surface area contributed by atoms with E-state index < -0.39 is 0 Å². The van der Waals surface area contributed by atoms with Gasteiger partial charge in [0, 0.05) is 37.9 Å². The van der Waals surface area contributed by atoms with Gasteiger partial charge in [-0.1, -0.05) is 11.6 Å². The van der Waals surface area contributed by atoms with Crippen molar-refractivity contribution < 1.29 is 9.53 Å². The van der Waals surface area contributed by atoms with Crippen LogP contribution in [-0.4, -0.2) is 41.5 Å². The lowest BCUT2D eigenvalue weighted by Gasteiger charge is -2.30.